The smallest absolute Gasteiger partial charge is 0.319 e. The molecule has 2 aliphatic carbocycles. The van der Waals surface area contributed by atoms with Crippen molar-refractivity contribution in [2.45, 2.75) is 51.0 Å². The van der Waals surface area contributed by atoms with E-state index in [0.717, 1.165) is 25.7 Å². The second kappa shape index (κ2) is 5.26. The third-order valence-corrected chi connectivity index (χ3v) is 4.36. The van der Waals surface area contributed by atoms with Crippen LogP contribution in [-0.2, 0) is 9.59 Å². The predicted octanol–water partition coefficient (Wildman–Crippen LogP) is 1.00. The van der Waals surface area contributed by atoms with E-state index in [4.69, 9.17) is 5.11 Å². The van der Waals surface area contributed by atoms with Gasteiger partial charge in [0.25, 0.3) is 0 Å². The fourth-order valence-corrected chi connectivity index (χ4v) is 2.71. The molecule has 2 rings (SSSR count). The van der Waals surface area contributed by atoms with Crippen molar-refractivity contribution >= 4 is 11.9 Å². The van der Waals surface area contributed by atoms with Crippen LogP contribution in [0.1, 0.15) is 44.9 Å². The van der Waals surface area contributed by atoms with Crippen molar-refractivity contribution in [2.24, 2.45) is 5.41 Å². The molecule has 0 radical (unpaired) electrons. The van der Waals surface area contributed by atoms with Crippen LogP contribution >= 0.6 is 0 Å². The SMILES string of the molecule is O=C(O)C1(C(=O)N(CCCO)C2CCC2)CCC1. The monoisotopic (exact) mass is 255 g/mol. The number of aliphatic hydroxyl groups excluding tert-OH is 1. The molecular weight excluding hydrogens is 234 g/mol. The molecule has 0 aromatic heterocycles. The first-order valence-electron chi connectivity index (χ1n) is 6.77. The number of carboxylic acid groups (broad SMARTS) is 1. The zero-order chi connectivity index (χ0) is 13.2. The number of hydrogen-bond acceptors (Lipinski definition) is 3. The number of aliphatic carboxylic acids is 1. The maximum atomic E-state index is 12.5. The van der Waals surface area contributed by atoms with Gasteiger partial charge in [0.2, 0.25) is 5.91 Å². The van der Waals surface area contributed by atoms with Crippen LogP contribution in [0.3, 0.4) is 0 Å². The summed E-state index contributed by atoms with van der Waals surface area (Å²) in [5.74, 6) is -1.20. The molecule has 0 aromatic rings. The summed E-state index contributed by atoms with van der Waals surface area (Å²) < 4.78 is 0. The molecule has 2 aliphatic rings. The highest BCUT2D eigenvalue weighted by atomic mass is 16.4. The zero-order valence-corrected chi connectivity index (χ0v) is 10.6. The second-order valence-electron chi connectivity index (χ2n) is 5.40. The van der Waals surface area contributed by atoms with E-state index in [0.29, 0.717) is 25.8 Å². The Morgan fingerprint density at radius 3 is 2.22 bits per heavy atom. The van der Waals surface area contributed by atoms with Crippen LogP contribution in [0.2, 0.25) is 0 Å². The van der Waals surface area contributed by atoms with Gasteiger partial charge in [-0.25, -0.2) is 0 Å². The van der Waals surface area contributed by atoms with Crippen molar-refractivity contribution in [1.82, 2.24) is 4.90 Å². The molecule has 0 saturated heterocycles. The summed E-state index contributed by atoms with van der Waals surface area (Å²) in [6, 6.07) is 0.195. The summed E-state index contributed by atoms with van der Waals surface area (Å²) in [7, 11) is 0. The number of aliphatic hydroxyl groups is 1. The lowest BCUT2D eigenvalue weighted by atomic mass is 9.67. The number of carbonyl (C=O) groups excluding carboxylic acids is 1. The van der Waals surface area contributed by atoms with Crippen LogP contribution in [0.25, 0.3) is 0 Å². The van der Waals surface area contributed by atoms with Crippen LogP contribution in [0.4, 0.5) is 0 Å². The number of amides is 1. The summed E-state index contributed by atoms with van der Waals surface area (Å²) in [5.41, 5.74) is -1.16. The Morgan fingerprint density at radius 1 is 1.22 bits per heavy atom. The maximum absolute atomic E-state index is 12.5. The Hall–Kier alpha value is -1.10. The van der Waals surface area contributed by atoms with Gasteiger partial charge in [0, 0.05) is 19.2 Å². The van der Waals surface area contributed by atoms with Gasteiger partial charge in [0.05, 0.1) is 0 Å². The molecule has 18 heavy (non-hydrogen) atoms. The van der Waals surface area contributed by atoms with Crippen molar-refractivity contribution in [3.05, 3.63) is 0 Å². The van der Waals surface area contributed by atoms with Crippen molar-refractivity contribution in [2.75, 3.05) is 13.2 Å². The number of carbonyl (C=O) groups is 2. The summed E-state index contributed by atoms with van der Waals surface area (Å²) in [6.45, 7) is 0.519. The highest BCUT2D eigenvalue weighted by Gasteiger charge is 2.53. The quantitative estimate of drug-likeness (QED) is 0.694. The molecule has 2 N–H and O–H groups in total. The fraction of sp³-hybridized carbons (Fsp3) is 0.846. The molecular formula is C13H21NO4. The van der Waals surface area contributed by atoms with Crippen molar-refractivity contribution in [3.8, 4) is 0 Å². The van der Waals surface area contributed by atoms with Gasteiger partial charge >= 0.3 is 5.97 Å². The van der Waals surface area contributed by atoms with Crippen LogP contribution in [0.5, 0.6) is 0 Å². The van der Waals surface area contributed by atoms with E-state index in [1.54, 1.807) is 4.90 Å². The van der Waals surface area contributed by atoms with Crippen LogP contribution in [0, 0.1) is 5.41 Å². The van der Waals surface area contributed by atoms with Gasteiger partial charge in [0.1, 0.15) is 5.41 Å². The molecule has 0 heterocycles. The molecule has 0 bridgehead atoms. The van der Waals surface area contributed by atoms with Gasteiger partial charge in [0.15, 0.2) is 0 Å². The van der Waals surface area contributed by atoms with Gasteiger partial charge in [-0.15, -0.1) is 0 Å². The van der Waals surface area contributed by atoms with E-state index in [9.17, 15) is 14.7 Å². The highest BCUT2D eigenvalue weighted by Crippen LogP contribution is 2.44. The predicted molar refractivity (Wildman–Crippen MR) is 65.0 cm³/mol. The molecule has 2 fully saturated rings. The largest absolute Gasteiger partial charge is 0.480 e. The summed E-state index contributed by atoms with van der Waals surface area (Å²) in [6.07, 6.45) is 5.30. The summed E-state index contributed by atoms with van der Waals surface area (Å²) in [4.78, 5) is 25.6. The maximum Gasteiger partial charge on any atom is 0.319 e. The normalized spacial score (nSPS) is 21.8. The van der Waals surface area contributed by atoms with Gasteiger partial charge in [-0.05, 0) is 38.5 Å². The Bertz CT molecular complexity index is 334. The summed E-state index contributed by atoms with van der Waals surface area (Å²) in [5, 5.41) is 18.2. The Kier molecular flexibility index (Phi) is 3.90. The third kappa shape index (κ3) is 2.11. The zero-order valence-electron chi connectivity index (χ0n) is 10.6. The molecule has 2 saturated carbocycles. The van der Waals surface area contributed by atoms with Crippen LogP contribution in [-0.4, -0.2) is 46.2 Å². The van der Waals surface area contributed by atoms with Crippen molar-refractivity contribution < 1.29 is 19.8 Å². The first-order chi connectivity index (χ1) is 8.62. The first-order valence-corrected chi connectivity index (χ1v) is 6.77. The topological polar surface area (TPSA) is 77.8 Å². The summed E-state index contributed by atoms with van der Waals surface area (Å²) >= 11 is 0. The number of carboxylic acids is 1. The third-order valence-electron chi connectivity index (χ3n) is 4.36. The lowest BCUT2D eigenvalue weighted by molar-refractivity contribution is -0.169. The minimum atomic E-state index is -1.16. The van der Waals surface area contributed by atoms with Gasteiger partial charge < -0.3 is 15.1 Å². The number of rotatable bonds is 6. The van der Waals surface area contributed by atoms with Crippen LogP contribution < -0.4 is 0 Å². The highest BCUT2D eigenvalue weighted by molar-refractivity contribution is 6.03. The van der Waals surface area contributed by atoms with Crippen molar-refractivity contribution in [1.29, 1.82) is 0 Å². The molecule has 102 valence electrons. The first kappa shape index (κ1) is 13.3. The minimum Gasteiger partial charge on any atom is -0.480 e. The lowest BCUT2D eigenvalue weighted by Crippen LogP contribution is -2.56. The number of hydrogen-bond donors (Lipinski definition) is 2. The van der Waals surface area contributed by atoms with E-state index in [1.807, 2.05) is 0 Å². The molecule has 0 atom stereocenters. The second-order valence-corrected chi connectivity index (χ2v) is 5.40. The van der Waals surface area contributed by atoms with E-state index in [1.165, 1.54) is 0 Å². The average Bonchev–Trinajstić information content (AvgIpc) is 2.18. The molecule has 0 unspecified atom stereocenters. The van der Waals surface area contributed by atoms with Gasteiger partial charge in [-0.3, -0.25) is 9.59 Å². The van der Waals surface area contributed by atoms with E-state index in [-0.39, 0.29) is 18.6 Å². The average molecular weight is 255 g/mol. The number of nitrogens with zero attached hydrogens (tertiary/aromatic N) is 1. The lowest BCUT2D eigenvalue weighted by Gasteiger charge is -2.45. The van der Waals surface area contributed by atoms with Gasteiger partial charge in [-0.1, -0.05) is 6.42 Å². The molecule has 1 amide bonds. The van der Waals surface area contributed by atoms with Gasteiger partial charge in [-0.2, -0.15) is 0 Å². The van der Waals surface area contributed by atoms with E-state index in [2.05, 4.69) is 0 Å². The molecule has 5 nitrogen and oxygen atoms in total. The van der Waals surface area contributed by atoms with Crippen molar-refractivity contribution in [3.63, 3.8) is 0 Å². The minimum absolute atomic E-state index is 0.0383. The Labute approximate surface area is 107 Å². The standard InChI is InChI=1S/C13H21NO4/c15-9-3-8-14(10-4-1-5-10)11(16)13(12(17)18)6-2-7-13/h10,15H,1-9H2,(H,17,18). The van der Waals surface area contributed by atoms with E-state index < -0.39 is 11.4 Å². The Morgan fingerprint density at radius 2 is 1.89 bits per heavy atom. The molecule has 0 aromatic carbocycles. The molecule has 0 spiro atoms. The van der Waals surface area contributed by atoms with E-state index >= 15 is 0 Å². The Balaban J connectivity index is 2.08. The van der Waals surface area contributed by atoms with Crippen LogP contribution in [0.15, 0.2) is 0 Å². The fourth-order valence-electron chi connectivity index (χ4n) is 2.71. The molecule has 0 aliphatic heterocycles. The molecule has 5 heteroatoms.